The highest BCUT2D eigenvalue weighted by atomic mass is 79.9. The second kappa shape index (κ2) is 8.68. The molecule has 0 aliphatic rings. The second-order valence-corrected chi connectivity index (χ2v) is 9.10. The number of hydrogen-bond acceptors (Lipinski definition) is 5. The third kappa shape index (κ3) is 4.57. The SMILES string of the molecule is Cc1ccc(Sc2ccc(NC(=O)Cn3cnc4c(c(Br)nn4C)c3=O)cc2)c(C)c1. The Morgan fingerprint density at radius 1 is 1.16 bits per heavy atom. The average Bonchev–Trinajstić information content (AvgIpc) is 3.01. The molecule has 9 heteroatoms. The van der Waals surface area contributed by atoms with Gasteiger partial charge >= 0.3 is 0 Å². The first-order chi connectivity index (χ1) is 14.8. The van der Waals surface area contributed by atoms with Crippen LogP contribution in [0, 0.1) is 13.8 Å². The molecule has 31 heavy (non-hydrogen) atoms. The van der Waals surface area contributed by atoms with Crippen LogP contribution < -0.4 is 10.9 Å². The van der Waals surface area contributed by atoms with Crippen molar-refractivity contribution < 1.29 is 4.79 Å². The van der Waals surface area contributed by atoms with Crippen LogP contribution in [0.3, 0.4) is 0 Å². The van der Waals surface area contributed by atoms with Gasteiger partial charge < -0.3 is 5.32 Å². The molecule has 1 amide bonds. The first kappa shape index (κ1) is 21.3. The predicted molar refractivity (Wildman–Crippen MR) is 126 cm³/mol. The molecule has 0 aliphatic carbocycles. The zero-order chi connectivity index (χ0) is 22.1. The highest BCUT2D eigenvalue weighted by Crippen LogP contribution is 2.31. The van der Waals surface area contributed by atoms with Crippen molar-refractivity contribution in [2.45, 2.75) is 30.2 Å². The summed E-state index contributed by atoms with van der Waals surface area (Å²) in [6, 6.07) is 14.0. The minimum Gasteiger partial charge on any atom is -0.325 e. The molecule has 0 atom stereocenters. The zero-order valence-corrected chi connectivity index (χ0v) is 19.6. The van der Waals surface area contributed by atoms with Gasteiger partial charge in [0.25, 0.3) is 5.56 Å². The number of carbonyl (C=O) groups excluding carboxylic acids is 1. The molecule has 2 aromatic heterocycles. The molecule has 2 heterocycles. The van der Waals surface area contributed by atoms with E-state index in [1.165, 1.54) is 31.6 Å². The van der Waals surface area contributed by atoms with Crippen LogP contribution in [0.15, 0.2) is 68.0 Å². The quantitative estimate of drug-likeness (QED) is 0.444. The number of aryl methyl sites for hydroxylation is 3. The van der Waals surface area contributed by atoms with E-state index in [9.17, 15) is 9.59 Å². The van der Waals surface area contributed by atoms with E-state index < -0.39 is 0 Å². The molecule has 1 N–H and O–H groups in total. The molecule has 2 aromatic carbocycles. The van der Waals surface area contributed by atoms with Crippen LogP contribution in [0.4, 0.5) is 5.69 Å². The van der Waals surface area contributed by atoms with Crippen LogP contribution in [0.2, 0.25) is 0 Å². The number of rotatable bonds is 5. The maximum Gasteiger partial charge on any atom is 0.266 e. The zero-order valence-electron chi connectivity index (χ0n) is 17.2. The number of nitrogens with zero attached hydrogens (tertiary/aromatic N) is 4. The maximum atomic E-state index is 12.7. The Balaban J connectivity index is 1.44. The van der Waals surface area contributed by atoms with Crippen molar-refractivity contribution >= 4 is 50.3 Å². The summed E-state index contributed by atoms with van der Waals surface area (Å²) in [5.74, 6) is -0.307. The summed E-state index contributed by atoms with van der Waals surface area (Å²) in [6.45, 7) is 4.04. The number of carbonyl (C=O) groups is 1. The molecular formula is C22H20BrN5O2S. The van der Waals surface area contributed by atoms with Gasteiger partial charge in [0.1, 0.15) is 22.9 Å². The molecule has 0 saturated heterocycles. The number of fused-ring (bicyclic) bond motifs is 1. The van der Waals surface area contributed by atoms with Crippen molar-refractivity contribution in [1.82, 2.24) is 19.3 Å². The number of nitrogens with one attached hydrogen (secondary N) is 1. The molecule has 0 saturated carbocycles. The van der Waals surface area contributed by atoms with Crippen molar-refractivity contribution in [3.05, 3.63) is 74.9 Å². The lowest BCUT2D eigenvalue weighted by atomic mass is 10.2. The van der Waals surface area contributed by atoms with Crippen LogP contribution in [0.1, 0.15) is 11.1 Å². The lowest BCUT2D eigenvalue weighted by Gasteiger charge is -2.09. The molecule has 4 aromatic rings. The number of hydrogen-bond donors (Lipinski definition) is 1. The summed E-state index contributed by atoms with van der Waals surface area (Å²) < 4.78 is 3.20. The van der Waals surface area contributed by atoms with Gasteiger partial charge in [-0.05, 0) is 65.7 Å². The molecule has 0 fully saturated rings. The fraction of sp³-hybridized carbons (Fsp3) is 0.182. The highest BCUT2D eigenvalue weighted by molar-refractivity contribution is 9.10. The van der Waals surface area contributed by atoms with Gasteiger partial charge in [0.05, 0.1) is 0 Å². The van der Waals surface area contributed by atoms with Crippen LogP contribution in [0.5, 0.6) is 0 Å². The van der Waals surface area contributed by atoms with Gasteiger partial charge in [-0.15, -0.1) is 0 Å². The maximum absolute atomic E-state index is 12.7. The summed E-state index contributed by atoms with van der Waals surface area (Å²) >= 11 is 4.95. The summed E-state index contributed by atoms with van der Waals surface area (Å²) in [6.07, 6.45) is 1.36. The van der Waals surface area contributed by atoms with Crippen LogP contribution in [-0.2, 0) is 18.4 Å². The van der Waals surface area contributed by atoms with Gasteiger partial charge in [-0.3, -0.25) is 14.2 Å². The minimum absolute atomic E-state index is 0.137. The molecule has 0 bridgehead atoms. The molecule has 4 rings (SSSR count). The second-order valence-electron chi connectivity index (χ2n) is 7.23. The van der Waals surface area contributed by atoms with Gasteiger partial charge in [0, 0.05) is 22.5 Å². The normalized spacial score (nSPS) is 11.1. The summed E-state index contributed by atoms with van der Waals surface area (Å²) in [7, 11) is 1.71. The van der Waals surface area contributed by atoms with Crippen LogP contribution in [0.25, 0.3) is 11.0 Å². The number of aromatic nitrogens is 4. The molecule has 0 spiro atoms. The largest absolute Gasteiger partial charge is 0.325 e. The van der Waals surface area contributed by atoms with Gasteiger partial charge in [0.2, 0.25) is 5.91 Å². The molecule has 0 aliphatic heterocycles. The predicted octanol–water partition coefficient (Wildman–Crippen LogP) is 4.30. The third-order valence-corrected chi connectivity index (χ3v) is 6.52. The fourth-order valence-corrected chi connectivity index (χ4v) is 4.72. The molecule has 7 nitrogen and oxygen atoms in total. The summed E-state index contributed by atoms with van der Waals surface area (Å²) in [5, 5.41) is 7.32. The van der Waals surface area contributed by atoms with Gasteiger partial charge in [-0.2, -0.15) is 5.10 Å². The van der Waals surface area contributed by atoms with Crippen molar-refractivity contribution in [3.63, 3.8) is 0 Å². The van der Waals surface area contributed by atoms with E-state index in [1.807, 2.05) is 24.3 Å². The fourth-order valence-electron chi connectivity index (χ4n) is 3.25. The van der Waals surface area contributed by atoms with Crippen molar-refractivity contribution in [1.29, 1.82) is 0 Å². The molecule has 0 unspecified atom stereocenters. The van der Waals surface area contributed by atoms with Gasteiger partial charge in [0.15, 0.2) is 5.65 Å². The topological polar surface area (TPSA) is 81.8 Å². The Labute approximate surface area is 191 Å². The van der Waals surface area contributed by atoms with E-state index in [1.54, 1.807) is 18.8 Å². The van der Waals surface area contributed by atoms with E-state index in [0.717, 1.165) is 4.90 Å². The van der Waals surface area contributed by atoms with E-state index in [2.05, 4.69) is 63.4 Å². The summed E-state index contributed by atoms with van der Waals surface area (Å²) in [5.41, 5.74) is 3.29. The van der Waals surface area contributed by atoms with Crippen LogP contribution in [-0.4, -0.2) is 25.2 Å². The Kier molecular flexibility index (Phi) is 5.97. The Bertz CT molecular complexity index is 1340. The van der Waals surface area contributed by atoms with Crippen molar-refractivity contribution in [2.24, 2.45) is 7.05 Å². The van der Waals surface area contributed by atoms with E-state index in [-0.39, 0.29) is 18.0 Å². The van der Waals surface area contributed by atoms with Crippen LogP contribution >= 0.6 is 27.7 Å². The van der Waals surface area contributed by atoms with E-state index >= 15 is 0 Å². The lowest BCUT2D eigenvalue weighted by molar-refractivity contribution is -0.116. The van der Waals surface area contributed by atoms with Gasteiger partial charge in [-0.25, -0.2) is 9.67 Å². The number of anilines is 1. The highest BCUT2D eigenvalue weighted by Gasteiger charge is 2.15. The molecular weight excluding hydrogens is 478 g/mol. The number of amides is 1. The Hall–Kier alpha value is -2.91. The smallest absolute Gasteiger partial charge is 0.266 e. The van der Waals surface area contributed by atoms with Gasteiger partial charge in [-0.1, -0.05) is 29.5 Å². The Morgan fingerprint density at radius 3 is 2.61 bits per heavy atom. The van der Waals surface area contributed by atoms with Crippen molar-refractivity contribution in [3.8, 4) is 0 Å². The molecule has 158 valence electrons. The number of benzene rings is 2. The first-order valence-electron chi connectivity index (χ1n) is 9.54. The third-order valence-electron chi connectivity index (χ3n) is 4.78. The standard InChI is InChI=1S/C22H20BrN5O2S/c1-13-4-9-17(14(2)10-13)31-16-7-5-15(6-8-16)25-18(29)11-28-12-24-21-19(22(28)30)20(23)26-27(21)3/h4-10,12H,11H2,1-3H3,(H,25,29). The van der Waals surface area contributed by atoms with E-state index in [0.29, 0.717) is 21.3 Å². The monoisotopic (exact) mass is 497 g/mol. The number of halogens is 1. The average molecular weight is 498 g/mol. The minimum atomic E-state index is -0.319. The Morgan fingerprint density at radius 2 is 1.90 bits per heavy atom. The van der Waals surface area contributed by atoms with E-state index in [4.69, 9.17) is 0 Å². The molecule has 0 radical (unpaired) electrons. The van der Waals surface area contributed by atoms with Crippen molar-refractivity contribution in [2.75, 3.05) is 5.32 Å². The summed E-state index contributed by atoms with van der Waals surface area (Å²) in [4.78, 5) is 31.7. The lowest BCUT2D eigenvalue weighted by Crippen LogP contribution is -2.28. The first-order valence-corrected chi connectivity index (χ1v) is 11.2.